The molecule has 25 heavy (non-hydrogen) atoms. The second-order valence-corrected chi connectivity index (χ2v) is 8.48. The van der Waals surface area contributed by atoms with Crippen molar-refractivity contribution in [3.05, 3.63) is 58.3 Å². The van der Waals surface area contributed by atoms with Crippen LogP contribution in [0.25, 0.3) is 22.0 Å². The molecule has 5 nitrogen and oxygen atoms in total. The highest BCUT2D eigenvalue weighted by atomic mass is 79.9. The third-order valence-electron chi connectivity index (χ3n) is 3.52. The normalized spacial score (nSPS) is 12.4. The summed E-state index contributed by atoms with van der Waals surface area (Å²) >= 11 is 6.58. The number of hydrogen-bond acceptors (Lipinski definition) is 6. The first-order valence-corrected chi connectivity index (χ1v) is 10.1. The van der Waals surface area contributed by atoms with E-state index in [4.69, 9.17) is 4.42 Å². The molecule has 0 saturated heterocycles. The van der Waals surface area contributed by atoms with Gasteiger partial charge in [0.15, 0.2) is 5.16 Å². The lowest BCUT2D eigenvalue weighted by molar-refractivity contribution is 0.510. The van der Waals surface area contributed by atoms with Crippen molar-refractivity contribution >= 4 is 39.0 Å². The van der Waals surface area contributed by atoms with Gasteiger partial charge in [-0.2, -0.15) is 0 Å². The number of thiophene rings is 1. The molecule has 0 aliphatic rings. The van der Waals surface area contributed by atoms with Crippen LogP contribution in [0.2, 0.25) is 0 Å². The van der Waals surface area contributed by atoms with Crippen LogP contribution in [0.5, 0.6) is 0 Å². The molecule has 0 amide bonds. The summed E-state index contributed by atoms with van der Waals surface area (Å²) in [5.74, 6) is 1.16. The predicted octanol–water partition coefficient (Wildman–Crippen LogP) is 5.80. The topological polar surface area (TPSA) is 67.6 Å². The molecule has 3 aromatic heterocycles. The fraction of sp³-hybridized carbons (Fsp3) is 0.118. The molecular weight excluding hydrogens is 420 g/mol. The number of H-pyrrole nitrogens is 1. The lowest BCUT2D eigenvalue weighted by Crippen LogP contribution is -1.89. The monoisotopic (exact) mass is 432 g/mol. The Bertz CT molecular complexity index is 963. The lowest BCUT2D eigenvalue weighted by atomic mass is 10.2. The predicted molar refractivity (Wildman–Crippen MR) is 104 cm³/mol. The number of nitrogens with one attached hydrogen (secondary N) is 1. The second-order valence-electron chi connectivity index (χ2n) is 5.29. The Hall–Kier alpha value is -1.90. The summed E-state index contributed by atoms with van der Waals surface area (Å²) in [4.78, 5) is 8.76. The van der Waals surface area contributed by atoms with Gasteiger partial charge in [0.25, 0.3) is 5.89 Å². The molecule has 0 spiro atoms. The van der Waals surface area contributed by atoms with Gasteiger partial charge in [0.1, 0.15) is 0 Å². The fourth-order valence-corrected chi connectivity index (χ4v) is 3.98. The summed E-state index contributed by atoms with van der Waals surface area (Å²) in [5.41, 5.74) is 2.07. The van der Waals surface area contributed by atoms with E-state index >= 15 is 0 Å². The molecule has 4 rings (SSSR count). The molecule has 1 N–H and O–H groups in total. The largest absolute Gasteiger partial charge is 0.419 e. The molecule has 4 aromatic rings. The SMILES string of the molecule is C[C@H](Sc1ncc(-c2ccc(Br)cc2)[nH]1)c1nnc(-c2cccs2)o1. The molecule has 0 fully saturated rings. The van der Waals surface area contributed by atoms with Crippen molar-refractivity contribution < 1.29 is 4.42 Å². The van der Waals surface area contributed by atoms with Gasteiger partial charge < -0.3 is 9.40 Å². The molecule has 3 heterocycles. The first kappa shape index (κ1) is 16.6. The zero-order valence-electron chi connectivity index (χ0n) is 13.1. The van der Waals surface area contributed by atoms with Gasteiger partial charge in [-0.15, -0.1) is 21.5 Å². The van der Waals surface area contributed by atoms with Gasteiger partial charge >= 0.3 is 0 Å². The van der Waals surface area contributed by atoms with Crippen molar-refractivity contribution in [2.75, 3.05) is 0 Å². The van der Waals surface area contributed by atoms with Gasteiger partial charge in [-0.25, -0.2) is 4.98 Å². The molecule has 0 unspecified atom stereocenters. The molecule has 0 aliphatic carbocycles. The standard InChI is InChI=1S/C17H13BrN4OS2/c1-10(15-21-22-16(23-15)14-3-2-8-24-14)25-17-19-9-13(20-17)11-4-6-12(18)7-5-11/h2-10H,1H3,(H,19,20)/t10-/m0/s1. The number of rotatable bonds is 5. The van der Waals surface area contributed by atoms with Crippen molar-refractivity contribution in [3.63, 3.8) is 0 Å². The van der Waals surface area contributed by atoms with Crippen molar-refractivity contribution in [2.24, 2.45) is 0 Å². The van der Waals surface area contributed by atoms with E-state index in [1.807, 2.05) is 54.9 Å². The highest BCUT2D eigenvalue weighted by molar-refractivity contribution is 9.10. The molecule has 126 valence electrons. The van der Waals surface area contributed by atoms with Crippen molar-refractivity contribution in [1.29, 1.82) is 0 Å². The van der Waals surface area contributed by atoms with Gasteiger partial charge in [0.05, 0.1) is 22.0 Å². The van der Waals surface area contributed by atoms with E-state index in [1.54, 1.807) is 23.1 Å². The second kappa shape index (κ2) is 7.15. The van der Waals surface area contributed by atoms with Crippen molar-refractivity contribution in [1.82, 2.24) is 20.2 Å². The van der Waals surface area contributed by atoms with Gasteiger partial charge in [0.2, 0.25) is 5.89 Å². The van der Waals surface area contributed by atoms with E-state index in [9.17, 15) is 0 Å². The third-order valence-corrected chi connectivity index (χ3v) is 5.89. The van der Waals surface area contributed by atoms with Crippen LogP contribution in [0.1, 0.15) is 18.1 Å². The fourth-order valence-electron chi connectivity index (χ4n) is 2.26. The Balaban J connectivity index is 1.48. The van der Waals surface area contributed by atoms with E-state index in [0.717, 1.165) is 25.8 Å². The molecule has 8 heteroatoms. The van der Waals surface area contributed by atoms with Gasteiger partial charge in [-0.3, -0.25) is 0 Å². The van der Waals surface area contributed by atoms with E-state index in [1.165, 1.54) is 0 Å². The molecule has 1 aromatic carbocycles. The Morgan fingerprint density at radius 3 is 2.80 bits per heavy atom. The smallest absolute Gasteiger partial charge is 0.257 e. The first-order valence-electron chi connectivity index (χ1n) is 7.54. The Labute approximate surface area is 161 Å². The van der Waals surface area contributed by atoms with E-state index in [-0.39, 0.29) is 5.25 Å². The third kappa shape index (κ3) is 3.70. The minimum Gasteiger partial charge on any atom is -0.419 e. The van der Waals surface area contributed by atoms with Crippen LogP contribution < -0.4 is 0 Å². The summed E-state index contributed by atoms with van der Waals surface area (Å²) in [5, 5.41) is 11.1. The number of imidazole rings is 1. The number of aromatic nitrogens is 4. The van der Waals surface area contributed by atoms with Crippen LogP contribution in [0, 0.1) is 0 Å². The minimum atomic E-state index is 0.00475. The quantitative estimate of drug-likeness (QED) is 0.403. The maximum atomic E-state index is 5.79. The number of aromatic amines is 1. The van der Waals surface area contributed by atoms with Crippen LogP contribution in [0.3, 0.4) is 0 Å². The van der Waals surface area contributed by atoms with Crippen LogP contribution in [0.4, 0.5) is 0 Å². The number of benzene rings is 1. The van der Waals surface area contributed by atoms with Crippen LogP contribution in [-0.2, 0) is 0 Å². The molecule has 0 bridgehead atoms. The number of thioether (sulfide) groups is 1. The summed E-state index contributed by atoms with van der Waals surface area (Å²) in [6.07, 6.45) is 1.84. The zero-order chi connectivity index (χ0) is 17.2. The Morgan fingerprint density at radius 1 is 1.20 bits per heavy atom. The first-order chi connectivity index (χ1) is 12.2. The van der Waals surface area contributed by atoms with Gasteiger partial charge in [0, 0.05) is 4.47 Å². The maximum Gasteiger partial charge on any atom is 0.257 e. The molecule has 1 atom stereocenters. The van der Waals surface area contributed by atoms with E-state index in [2.05, 4.69) is 36.1 Å². The number of hydrogen-bond donors (Lipinski definition) is 1. The van der Waals surface area contributed by atoms with Crippen molar-refractivity contribution in [2.45, 2.75) is 17.3 Å². The average molecular weight is 433 g/mol. The molecule has 0 aliphatic heterocycles. The van der Waals surface area contributed by atoms with Crippen molar-refractivity contribution in [3.8, 4) is 22.0 Å². The molecular formula is C17H13BrN4OS2. The highest BCUT2D eigenvalue weighted by Crippen LogP contribution is 2.35. The van der Waals surface area contributed by atoms with Gasteiger partial charge in [-0.1, -0.05) is 45.9 Å². The van der Waals surface area contributed by atoms with Gasteiger partial charge in [-0.05, 0) is 36.1 Å². The Morgan fingerprint density at radius 2 is 2.04 bits per heavy atom. The van der Waals surface area contributed by atoms with Crippen LogP contribution in [-0.4, -0.2) is 20.2 Å². The zero-order valence-corrected chi connectivity index (χ0v) is 16.4. The van der Waals surface area contributed by atoms with E-state index < -0.39 is 0 Å². The molecule has 0 saturated carbocycles. The summed E-state index contributed by atoms with van der Waals surface area (Å²) < 4.78 is 6.84. The average Bonchev–Trinajstić information content (AvgIpc) is 3.36. The highest BCUT2D eigenvalue weighted by Gasteiger charge is 2.18. The molecule has 0 radical (unpaired) electrons. The van der Waals surface area contributed by atoms with Crippen LogP contribution >= 0.6 is 39.0 Å². The van der Waals surface area contributed by atoms with E-state index in [0.29, 0.717) is 11.8 Å². The number of nitrogens with zero attached hydrogens (tertiary/aromatic N) is 3. The Kier molecular flexibility index (Phi) is 4.74. The maximum absolute atomic E-state index is 5.79. The number of halogens is 1. The summed E-state index contributed by atoms with van der Waals surface area (Å²) in [6, 6.07) is 12.0. The summed E-state index contributed by atoms with van der Waals surface area (Å²) in [6.45, 7) is 2.03. The minimum absolute atomic E-state index is 0.00475. The summed E-state index contributed by atoms with van der Waals surface area (Å²) in [7, 11) is 0. The van der Waals surface area contributed by atoms with Crippen LogP contribution in [0.15, 0.2) is 62.0 Å². The lowest BCUT2D eigenvalue weighted by Gasteiger charge is -2.03.